The first-order chi connectivity index (χ1) is 8.75. The van der Waals surface area contributed by atoms with Crippen LogP contribution in [0.4, 0.5) is 5.69 Å². The maximum atomic E-state index is 5.82. The maximum absolute atomic E-state index is 5.82. The molecule has 0 spiro atoms. The summed E-state index contributed by atoms with van der Waals surface area (Å²) in [6.45, 7) is 2.98. The van der Waals surface area contributed by atoms with Gasteiger partial charge in [0.05, 0.1) is 5.69 Å². The molecule has 0 radical (unpaired) electrons. The molecule has 2 N–H and O–H groups in total. The zero-order valence-electron chi connectivity index (χ0n) is 10.4. The van der Waals surface area contributed by atoms with Gasteiger partial charge >= 0.3 is 0 Å². The summed E-state index contributed by atoms with van der Waals surface area (Å²) in [6, 6.07) is 15.4. The molecule has 18 heavy (non-hydrogen) atoms. The van der Waals surface area contributed by atoms with Crippen LogP contribution in [0, 0.1) is 6.92 Å². The number of hydrogen-bond acceptors (Lipinski definition) is 3. The van der Waals surface area contributed by atoms with Crippen molar-refractivity contribution in [1.82, 2.24) is 0 Å². The van der Waals surface area contributed by atoms with Crippen LogP contribution >= 0.6 is 0 Å². The Morgan fingerprint density at radius 3 is 2.44 bits per heavy atom. The Bertz CT molecular complexity index is 497. The van der Waals surface area contributed by atoms with Crippen LogP contribution in [0.5, 0.6) is 11.5 Å². The van der Waals surface area contributed by atoms with Gasteiger partial charge < -0.3 is 15.2 Å². The number of anilines is 1. The first-order valence-corrected chi connectivity index (χ1v) is 5.92. The topological polar surface area (TPSA) is 44.5 Å². The smallest absolute Gasteiger partial charge is 0.142 e. The Hall–Kier alpha value is -2.16. The predicted octanol–water partition coefficient (Wildman–Crippen LogP) is 3.04. The molecule has 0 heterocycles. The minimum atomic E-state index is 0.475. The highest BCUT2D eigenvalue weighted by atomic mass is 16.5. The number of nitrogens with two attached hydrogens (primary N) is 1. The molecule has 3 nitrogen and oxygen atoms in total. The number of para-hydroxylation sites is 1. The van der Waals surface area contributed by atoms with E-state index >= 15 is 0 Å². The Morgan fingerprint density at radius 1 is 0.944 bits per heavy atom. The molecule has 2 aromatic rings. The van der Waals surface area contributed by atoms with E-state index in [4.69, 9.17) is 15.2 Å². The van der Waals surface area contributed by atoms with Gasteiger partial charge in [0.25, 0.3) is 0 Å². The summed E-state index contributed by atoms with van der Waals surface area (Å²) in [5.41, 5.74) is 7.60. The largest absolute Gasteiger partial charge is 0.490 e. The molecule has 0 atom stereocenters. The van der Waals surface area contributed by atoms with Gasteiger partial charge in [0, 0.05) is 0 Å². The summed E-state index contributed by atoms with van der Waals surface area (Å²) in [5.74, 6) is 1.56. The second-order valence-electron chi connectivity index (χ2n) is 4.05. The molecule has 0 aromatic heterocycles. The van der Waals surface area contributed by atoms with Gasteiger partial charge in [0.15, 0.2) is 0 Å². The fourth-order valence-corrected chi connectivity index (χ4v) is 1.59. The molecule has 0 aliphatic carbocycles. The van der Waals surface area contributed by atoms with E-state index in [1.807, 2.05) is 55.5 Å². The third kappa shape index (κ3) is 3.42. The van der Waals surface area contributed by atoms with Crippen LogP contribution < -0.4 is 15.2 Å². The van der Waals surface area contributed by atoms with Crippen LogP contribution in [0.3, 0.4) is 0 Å². The lowest BCUT2D eigenvalue weighted by Crippen LogP contribution is -2.10. The zero-order chi connectivity index (χ0) is 12.8. The molecule has 0 unspecified atom stereocenters. The summed E-state index contributed by atoms with van der Waals surface area (Å²) in [5, 5.41) is 0. The lowest BCUT2D eigenvalue weighted by molar-refractivity contribution is 0.218. The lowest BCUT2D eigenvalue weighted by Gasteiger charge is -2.10. The van der Waals surface area contributed by atoms with E-state index in [1.165, 1.54) is 0 Å². The highest BCUT2D eigenvalue weighted by molar-refractivity contribution is 5.53. The molecule has 0 amide bonds. The molecular weight excluding hydrogens is 226 g/mol. The SMILES string of the molecule is Cc1ccc(N)c(OCCOc2ccccc2)c1. The van der Waals surface area contributed by atoms with Gasteiger partial charge in [0.2, 0.25) is 0 Å². The van der Waals surface area contributed by atoms with Crippen LogP contribution in [0.25, 0.3) is 0 Å². The fourth-order valence-electron chi connectivity index (χ4n) is 1.59. The third-order valence-electron chi connectivity index (χ3n) is 2.52. The van der Waals surface area contributed by atoms with Gasteiger partial charge in [-0.05, 0) is 36.8 Å². The molecule has 2 rings (SSSR count). The Morgan fingerprint density at radius 2 is 1.67 bits per heavy atom. The molecule has 0 bridgehead atoms. The van der Waals surface area contributed by atoms with Crippen molar-refractivity contribution in [3.8, 4) is 11.5 Å². The summed E-state index contributed by atoms with van der Waals surface area (Å²) in [7, 11) is 0. The van der Waals surface area contributed by atoms with Crippen LogP contribution in [0.2, 0.25) is 0 Å². The molecule has 0 aliphatic heterocycles. The predicted molar refractivity (Wildman–Crippen MR) is 73.0 cm³/mol. The second-order valence-corrected chi connectivity index (χ2v) is 4.05. The van der Waals surface area contributed by atoms with Crippen LogP contribution in [0.15, 0.2) is 48.5 Å². The van der Waals surface area contributed by atoms with Crippen molar-refractivity contribution in [2.75, 3.05) is 18.9 Å². The third-order valence-corrected chi connectivity index (χ3v) is 2.52. The van der Waals surface area contributed by atoms with E-state index in [2.05, 4.69) is 0 Å². The number of hydrogen-bond donors (Lipinski definition) is 1. The average Bonchev–Trinajstić information content (AvgIpc) is 2.40. The molecule has 0 saturated carbocycles. The van der Waals surface area contributed by atoms with Gasteiger partial charge in [-0.25, -0.2) is 0 Å². The van der Waals surface area contributed by atoms with Crippen LogP contribution in [-0.4, -0.2) is 13.2 Å². The molecule has 3 heteroatoms. The van der Waals surface area contributed by atoms with Gasteiger partial charge in [-0.1, -0.05) is 24.3 Å². The fraction of sp³-hybridized carbons (Fsp3) is 0.200. The highest BCUT2D eigenvalue weighted by Gasteiger charge is 2.00. The molecular formula is C15H17NO2. The van der Waals surface area contributed by atoms with E-state index in [-0.39, 0.29) is 0 Å². The minimum absolute atomic E-state index is 0.475. The zero-order valence-corrected chi connectivity index (χ0v) is 10.4. The Labute approximate surface area is 107 Å². The van der Waals surface area contributed by atoms with Crippen LogP contribution in [0.1, 0.15) is 5.56 Å². The quantitative estimate of drug-likeness (QED) is 0.648. The van der Waals surface area contributed by atoms with Crippen molar-refractivity contribution in [3.05, 3.63) is 54.1 Å². The normalized spacial score (nSPS) is 10.1. The standard InChI is InChI=1S/C15H17NO2/c1-12-7-8-14(16)15(11-12)18-10-9-17-13-5-3-2-4-6-13/h2-8,11H,9-10,16H2,1H3. The van der Waals surface area contributed by atoms with Crippen molar-refractivity contribution >= 4 is 5.69 Å². The van der Waals surface area contributed by atoms with Crippen molar-refractivity contribution < 1.29 is 9.47 Å². The summed E-state index contributed by atoms with van der Waals surface area (Å²) in [4.78, 5) is 0. The molecule has 0 aliphatic rings. The number of aryl methyl sites for hydroxylation is 1. The number of ether oxygens (including phenoxy) is 2. The van der Waals surface area contributed by atoms with E-state index in [1.54, 1.807) is 0 Å². The highest BCUT2D eigenvalue weighted by Crippen LogP contribution is 2.22. The molecule has 0 saturated heterocycles. The van der Waals surface area contributed by atoms with Gasteiger partial charge in [0.1, 0.15) is 24.7 Å². The summed E-state index contributed by atoms with van der Waals surface area (Å²) >= 11 is 0. The molecule has 0 fully saturated rings. The van der Waals surface area contributed by atoms with Gasteiger partial charge in [-0.2, -0.15) is 0 Å². The maximum Gasteiger partial charge on any atom is 0.142 e. The van der Waals surface area contributed by atoms with Crippen LogP contribution in [-0.2, 0) is 0 Å². The second kappa shape index (κ2) is 5.96. The Balaban J connectivity index is 1.80. The monoisotopic (exact) mass is 243 g/mol. The van der Waals surface area contributed by atoms with Crippen molar-refractivity contribution in [2.45, 2.75) is 6.92 Å². The van der Waals surface area contributed by atoms with E-state index < -0.39 is 0 Å². The Kier molecular flexibility index (Phi) is 4.07. The first-order valence-electron chi connectivity index (χ1n) is 5.92. The summed E-state index contributed by atoms with van der Waals surface area (Å²) < 4.78 is 11.1. The molecule has 94 valence electrons. The van der Waals surface area contributed by atoms with E-state index in [9.17, 15) is 0 Å². The van der Waals surface area contributed by atoms with Crippen molar-refractivity contribution in [1.29, 1.82) is 0 Å². The average molecular weight is 243 g/mol. The number of rotatable bonds is 5. The van der Waals surface area contributed by atoms with Gasteiger partial charge in [-0.3, -0.25) is 0 Å². The van der Waals surface area contributed by atoms with Crippen molar-refractivity contribution in [3.63, 3.8) is 0 Å². The van der Waals surface area contributed by atoms with Crippen molar-refractivity contribution in [2.24, 2.45) is 0 Å². The number of benzene rings is 2. The van der Waals surface area contributed by atoms with E-state index in [0.29, 0.717) is 24.7 Å². The van der Waals surface area contributed by atoms with Gasteiger partial charge in [-0.15, -0.1) is 0 Å². The molecule has 2 aromatic carbocycles. The van der Waals surface area contributed by atoms with E-state index in [0.717, 1.165) is 11.3 Å². The number of nitrogen functional groups attached to an aromatic ring is 1. The minimum Gasteiger partial charge on any atom is -0.490 e. The first kappa shape index (κ1) is 12.3. The summed E-state index contributed by atoms with van der Waals surface area (Å²) in [6.07, 6.45) is 0. The lowest BCUT2D eigenvalue weighted by atomic mass is 10.2.